The summed E-state index contributed by atoms with van der Waals surface area (Å²) >= 11 is 0. The molecule has 1 aliphatic carbocycles. The minimum absolute atomic E-state index is 0.165. The van der Waals surface area contributed by atoms with Crippen molar-refractivity contribution in [2.75, 3.05) is 0 Å². The number of aliphatic imine (C=N–C) groups is 1. The van der Waals surface area contributed by atoms with Gasteiger partial charge in [0.25, 0.3) is 0 Å². The second-order valence-electron chi connectivity index (χ2n) is 2.99. The number of allylic oxidation sites excluding steroid dienone is 2. The lowest BCUT2D eigenvalue weighted by atomic mass is 10.0. The largest absolute Gasteiger partial charge is 0.471 e. The van der Waals surface area contributed by atoms with Gasteiger partial charge in [0.1, 0.15) is 12.1 Å². The maximum absolute atomic E-state index is 5.43. The second kappa shape index (κ2) is 2.22. The van der Waals surface area contributed by atoms with Crippen LogP contribution >= 0.6 is 0 Å². The van der Waals surface area contributed by atoms with Gasteiger partial charge in [-0.1, -0.05) is 17.7 Å². The lowest BCUT2D eigenvalue weighted by Gasteiger charge is -2.14. The van der Waals surface area contributed by atoms with Crippen molar-refractivity contribution in [3.8, 4) is 0 Å². The summed E-state index contributed by atoms with van der Waals surface area (Å²) in [4.78, 5) is 4.33. The molecule has 0 saturated heterocycles. The first-order valence-corrected chi connectivity index (χ1v) is 3.83. The standard InChI is InChI=1S/C9H11NO/c1-6-3-4-9-8(5-6)10-7(2)11-9/h3-5,8-9H,1-2H3. The Morgan fingerprint density at radius 2 is 2.27 bits per heavy atom. The molecule has 0 spiro atoms. The summed E-state index contributed by atoms with van der Waals surface area (Å²) in [6.45, 7) is 3.98. The molecule has 0 bridgehead atoms. The van der Waals surface area contributed by atoms with Crippen LogP contribution in [-0.4, -0.2) is 18.0 Å². The third-order valence-electron chi connectivity index (χ3n) is 1.96. The SMILES string of the molecule is CC1=CC2N=C(C)OC2C=C1. The molecule has 0 radical (unpaired) electrons. The van der Waals surface area contributed by atoms with E-state index in [2.05, 4.69) is 30.1 Å². The Kier molecular flexibility index (Phi) is 1.34. The lowest BCUT2D eigenvalue weighted by molar-refractivity contribution is 0.252. The molecule has 0 fully saturated rings. The van der Waals surface area contributed by atoms with Crippen molar-refractivity contribution in [2.24, 2.45) is 4.99 Å². The molecule has 2 aliphatic rings. The summed E-state index contributed by atoms with van der Waals surface area (Å²) in [6, 6.07) is 0.236. The fraction of sp³-hybridized carbons (Fsp3) is 0.444. The number of ether oxygens (including phenoxy) is 1. The number of rotatable bonds is 0. The Morgan fingerprint density at radius 3 is 3.09 bits per heavy atom. The highest BCUT2D eigenvalue weighted by Gasteiger charge is 2.26. The highest BCUT2D eigenvalue weighted by atomic mass is 16.5. The highest BCUT2D eigenvalue weighted by molar-refractivity contribution is 5.76. The smallest absolute Gasteiger partial charge is 0.181 e. The van der Waals surface area contributed by atoms with Gasteiger partial charge in [0.05, 0.1) is 0 Å². The van der Waals surface area contributed by atoms with Crippen LogP contribution in [0, 0.1) is 0 Å². The zero-order chi connectivity index (χ0) is 7.84. The third-order valence-corrected chi connectivity index (χ3v) is 1.96. The second-order valence-corrected chi connectivity index (χ2v) is 2.99. The first-order chi connectivity index (χ1) is 5.25. The van der Waals surface area contributed by atoms with Gasteiger partial charge in [0.2, 0.25) is 0 Å². The topological polar surface area (TPSA) is 21.6 Å². The minimum atomic E-state index is 0.165. The molecule has 0 aromatic rings. The first kappa shape index (κ1) is 6.65. The fourth-order valence-electron chi connectivity index (χ4n) is 1.44. The van der Waals surface area contributed by atoms with Gasteiger partial charge in [0, 0.05) is 6.92 Å². The molecular weight excluding hydrogens is 138 g/mol. The van der Waals surface area contributed by atoms with Gasteiger partial charge in [-0.05, 0) is 13.0 Å². The number of hydrogen-bond acceptors (Lipinski definition) is 2. The van der Waals surface area contributed by atoms with Gasteiger partial charge in [-0.25, -0.2) is 4.99 Å². The van der Waals surface area contributed by atoms with Crippen molar-refractivity contribution >= 4 is 5.90 Å². The number of nitrogens with zero attached hydrogens (tertiary/aromatic N) is 1. The summed E-state index contributed by atoms with van der Waals surface area (Å²) < 4.78 is 5.43. The van der Waals surface area contributed by atoms with Crippen LogP contribution in [-0.2, 0) is 4.74 Å². The molecule has 0 aromatic heterocycles. The molecule has 2 rings (SSSR count). The lowest BCUT2D eigenvalue weighted by Crippen LogP contribution is -2.20. The Morgan fingerprint density at radius 1 is 1.45 bits per heavy atom. The fourth-order valence-corrected chi connectivity index (χ4v) is 1.44. The Labute approximate surface area is 66.3 Å². The van der Waals surface area contributed by atoms with E-state index >= 15 is 0 Å². The van der Waals surface area contributed by atoms with Gasteiger partial charge in [-0.3, -0.25) is 0 Å². The molecule has 0 N–H and O–H groups in total. The molecule has 2 unspecified atom stereocenters. The quantitative estimate of drug-likeness (QED) is 0.513. The Bertz CT molecular complexity index is 263. The summed E-state index contributed by atoms with van der Waals surface area (Å²) in [6.07, 6.45) is 6.45. The van der Waals surface area contributed by atoms with E-state index in [1.54, 1.807) is 0 Å². The van der Waals surface area contributed by atoms with Crippen molar-refractivity contribution in [1.29, 1.82) is 0 Å². The summed E-state index contributed by atoms with van der Waals surface area (Å²) in [5, 5.41) is 0. The van der Waals surface area contributed by atoms with Crippen LogP contribution in [0.25, 0.3) is 0 Å². The molecule has 1 heterocycles. The van der Waals surface area contributed by atoms with Crippen LogP contribution in [0.1, 0.15) is 13.8 Å². The Balaban J connectivity index is 2.26. The minimum Gasteiger partial charge on any atom is -0.471 e. The molecule has 2 heteroatoms. The summed E-state index contributed by atoms with van der Waals surface area (Å²) in [5.74, 6) is 0.801. The van der Waals surface area contributed by atoms with Crippen molar-refractivity contribution in [3.05, 3.63) is 23.8 Å². The van der Waals surface area contributed by atoms with Gasteiger partial charge in [-0.2, -0.15) is 0 Å². The molecule has 11 heavy (non-hydrogen) atoms. The van der Waals surface area contributed by atoms with E-state index in [0.717, 1.165) is 5.90 Å². The van der Waals surface area contributed by atoms with Crippen LogP contribution in [0.3, 0.4) is 0 Å². The van der Waals surface area contributed by atoms with E-state index in [1.165, 1.54) is 5.57 Å². The molecule has 0 aromatic carbocycles. The van der Waals surface area contributed by atoms with Crippen molar-refractivity contribution in [2.45, 2.75) is 26.0 Å². The van der Waals surface area contributed by atoms with Crippen molar-refractivity contribution < 1.29 is 4.74 Å². The molecule has 2 nitrogen and oxygen atoms in total. The predicted octanol–water partition coefficient (Wildman–Crippen LogP) is 1.69. The van der Waals surface area contributed by atoms with Crippen LogP contribution in [0.5, 0.6) is 0 Å². The predicted molar refractivity (Wildman–Crippen MR) is 44.7 cm³/mol. The van der Waals surface area contributed by atoms with E-state index in [1.807, 2.05) is 6.92 Å². The van der Waals surface area contributed by atoms with Gasteiger partial charge in [-0.15, -0.1) is 0 Å². The van der Waals surface area contributed by atoms with Gasteiger partial charge < -0.3 is 4.74 Å². The average molecular weight is 149 g/mol. The van der Waals surface area contributed by atoms with Crippen LogP contribution < -0.4 is 0 Å². The number of fused-ring (bicyclic) bond motifs is 1. The highest BCUT2D eigenvalue weighted by Crippen LogP contribution is 2.21. The molecule has 1 aliphatic heterocycles. The van der Waals surface area contributed by atoms with Crippen LogP contribution in [0.2, 0.25) is 0 Å². The number of hydrogen-bond donors (Lipinski definition) is 0. The molecule has 0 saturated carbocycles. The maximum atomic E-state index is 5.43. The summed E-state index contributed by atoms with van der Waals surface area (Å²) in [5.41, 5.74) is 1.27. The molecule has 0 amide bonds. The summed E-state index contributed by atoms with van der Waals surface area (Å²) in [7, 11) is 0. The molecular formula is C9H11NO. The average Bonchev–Trinajstić information content (AvgIpc) is 2.27. The third kappa shape index (κ3) is 1.09. The maximum Gasteiger partial charge on any atom is 0.181 e. The molecule has 2 atom stereocenters. The van der Waals surface area contributed by atoms with Crippen LogP contribution in [0.15, 0.2) is 28.8 Å². The van der Waals surface area contributed by atoms with E-state index in [4.69, 9.17) is 4.74 Å². The molecule has 58 valence electrons. The zero-order valence-corrected chi connectivity index (χ0v) is 6.74. The zero-order valence-electron chi connectivity index (χ0n) is 6.74. The van der Waals surface area contributed by atoms with E-state index in [0.29, 0.717) is 0 Å². The van der Waals surface area contributed by atoms with Crippen LogP contribution in [0.4, 0.5) is 0 Å². The van der Waals surface area contributed by atoms with E-state index in [9.17, 15) is 0 Å². The van der Waals surface area contributed by atoms with Gasteiger partial charge >= 0.3 is 0 Å². The van der Waals surface area contributed by atoms with E-state index in [-0.39, 0.29) is 12.1 Å². The Hall–Kier alpha value is -1.05. The monoisotopic (exact) mass is 149 g/mol. The van der Waals surface area contributed by atoms with Crippen molar-refractivity contribution in [1.82, 2.24) is 0 Å². The van der Waals surface area contributed by atoms with E-state index < -0.39 is 0 Å². The normalized spacial score (nSPS) is 34.0. The van der Waals surface area contributed by atoms with Gasteiger partial charge in [0.15, 0.2) is 5.90 Å². The van der Waals surface area contributed by atoms with Crippen molar-refractivity contribution in [3.63, 3.8) is 0 Å². The first-order valence-electron chi connectivity index (χ1n) is 3.83.